The molecule has 0 saturated carbocycles. The number of alkyl halides is 3. The van der Waals surface area contributed by atoms with Crippen LogP contribution in [-0.2, 0) is 10.9 Å². The summed E-state index contributed by atoms with van der Waals surface area (Å²) >= 11 is 5.75. The summed E-state index contributed by atoms with van der Waals surface area (Å²) in [6.07, 6.45) is -3.81. The van der Waals surface area contributed by atoms with Crippen molar-refractivity contribution in [2.75, 3.05) is 33.9 Å². The molecule has 0 spiro atoms. The van der Waals surface area contributed by atoms with E-state index in [1.54, 1.807) is 14.2 Å². The summed E-state index contributed by atoms with van der Waals surface area (Å²) in [4.78, 5) is 7.62. The Kier molecular flexibility index (Phi) is 11.1. The lowest BCUT2D eigenvalue weighted by atomic mass is 10.3. The molecule has 144 valence electrons. The molecule has 11 heteroatoms. The first-order valence-corrected chi connectivity index (χ1v) is 7.47. The molecule has 0 aliphatic rings. The van der Waals surface area contributed by atoms with E-state index in [1.165, 1.54) is 0 Å². The van der Waals surface area contributed by atoms with Crippen LogP contribution in [0.1, 0.15) is 12.5 Å². The maximum atomic E-state index is 12.5. The number of halogens is 5. The highest BCUT2D eigenvalue weighted by molar-refractivity contribution is 14.0. The Labute approximate surface area is 166 Å². The fourth-order valence-corrected chi connectivity index (χ4v) is 1.94. The van der Waals surface area contributed by atoms with Gasteiger partial charge in [-0.1, -0.05) is 11.6 Å². The number of nitrogens with one attached hydrogen (secondary N) is 2. The third kappa shape index (κ3) is 8.77. The minimum absolute atomic E-state index is 0. The van der Waals surface area contributed by atoms with Crippen LogP contribution < -0.4 is 15.4 Å². The average molecular weight is 497 g/mol. The molecular formula is C14H21ClF3IN4O2. The molecule has 0 aliphatic heterocycles. The van der Waals surface area contributed by atoms with Gasteiger partial charge in [-0.15, -0.1) is 24.0 Å². The molecular weight excluding hydrogens is 476 g/mol. The molecule has 0 aromatic carbocycles. The van der Waals surface area contributed by atoms with E-state index < -0.39 is 11.7 Å². The number of hydrogen-bond acceptors (Lipinski definition) is 4. The second kappa shape index (κ2) is 11.6. The van der Waals surface area contributed by atoms with Crippen LogP contribution >= 0.6 is 35.6 Å². The van der Waals surface area contributed by atoms with Gasteiger partial charge in [0.2, 0.25) is 5.88 Å². The summed E-state index contributed by atoms with van der Waals surface area (Å²) in [5.41, 5.74) is -0.922. The van der Waals surface area contributed by atoms with Gasteiger partial charge < -0.3 is 20.1 Å². The van der Waals surface area contributed by atoms with E-state index in [4.69, 9.17) is 21.1 Å². The van der Waals surface area contributed by atoms with Gasteiger partial charge in [-0.05, 0) is 13.0 Å². The minimum Gasteiger partial charge on any atom is -0.475 e. The third-order valence-electron chi connectivity index (χ3n) is 2.79. The van der Waals surface area contributed by atoms with Gasteiger partial charge in [-0.25, -0.2) is 4.98 Å². The number of rotatable bonds is 7. The zero-order valence-electron chi connectivity index (χ0n) is 14.0. The number of aliphatic imine (C=N–C) groups is 1. The topological polar surface area (TPSA) is 67.8 Å². The van der Waals surface area contributed by atoms with Crippen LogP contribution in [0, 0.1) is 0 Å². The standard InChI is InChI=1S/C14H20ClF3N4O2.HI/c1-9(8-23-3)22-13(19-2)20-4-5-24-12-11(15)6-10(7-21-12)14(16,17)18;/h6-7,9H,4-5,8H2,1-3H3,(H2,19,20,22);1H. The largest absolute Gasteiger partial charge is 0.475 e. The summed E-state index contributed by atoms with van der Waals surface area (Å²) < 4.78 is 47.8. The SMILES string of the molecule is CN=C(NCCOc1ncc(C(F)(F)F)cc1Cl)NC(C)COC.I. The first-order chi connectivity index (χ1) is 11.3. The molecule has 0 aliphatic carbocycles. The van der Waals surface area contributed by atoms with Gasteiger partial charge in [-0.3, -0.25) is 4.99 Å². The minimum atomic E-state index is -4.49. The molecule has 0 fully saturated rings. The van der Waals surface area contributed by atoms with E-state index in [2.05, 4.69) is 20.6 Å². The van der Waals surface area contributed by atoms with Crippen LogP contribution in [0.5, 0.6) is 5.88 Å². The van der Waals surface area contributed by atoms with Crippen molar-refractivity contribution >= 4 is 41.5 Å². The van der Waals surface area contributed by atoms with Crippen LogP contribution in [0.4, 0.5) is 13.2 Å². The Hall–Kier alpha value is -1.01. The Balaban J connectivity index is 0.00000576. The molecule has 0 saturated heterocycles. The number of methoxy groups -OCH3 is 1. The van der Waals surface area contributed by atoms with E-state index in [9.17, 15) is 13.2 Å². The van der Waals surface area contributed by atoms with E-state index in [1.807, 2.05) is 6.92 Å². The van der Waals surface area contributed by atoms with Gasteiger partial charge in [-0.2, -0.15) is 13.2 Å². The first-order valence-electron chi connectivity index (χ1n) is 7.09. The molecule has 25 heavy (non-hydrogen) atoms. The van der Waals surface area contributed by atoms with Crippen molar-refractivity contribution in [2.45, 2.75) is 19.1 Å². The van der Waals surface area contributed by atoms with Crippen LogP contribution in [0.2, 0.25) is 5.02 Å². The quantitative estimate of drug-likeness (QED) is 0.263. The molecule has 1 aromatic heterocycles. The number of pyridine rings is 1. The third-order valence-corrected chi connectivity index (χ3v) is 3.06. The maximum absolute atomic E-state index is 12.5. The lowest BCUT2D eigenvalue weighted by Crippen LogP contribution is -2.45. The van der Waals surface area contributed by atoms with Crippen molar-refractivity contribution < 1.29 is 22.6 Å². The molecule has 1 rings (SSSR count). The van der Waals surface area contributed by atoms with Gasteiger partial charge in [0.1, 0.15) is 11.6 Å². The monoisotopic (exact) mass is 496 g/mol. The summed E-state index contributed by atoms with van der Waals surface area (Å²) in [6, 6.07) is 0.845. The van der Waals surface area contributed by atoms with Crippen LogP contribution in [0.25, 0.3) is 0 Å². The van der Waals surface area contributed by atoms with Crippen molar-refractivity contribution in [1.29, 1.82) is 0 Å². The predicted molar refractivity (Wildman–Crippen MR) is 101 cm³/mol. The van der Waals surface area contributed by atoms with E-state index in [0.29, 0.717) is 25.3 Å². The normalized spacial score (nSPS) is 13.0. The fourth-order valence-electron chi connectivity index (χ4n) is 1.72. The van der Waals surface area contributed by atoms with Crippen molar-refractivity contribution in [3.8, 4) is 5.88 Å². The van der Waals surface area contributed by atoms with Gasteiger partial charge in [0.25, 0.3) is 0 Å². The van der Waals surface area contributed by atoms with Gasteiger partial charge in [0.05, 0.1) is 18.7 Å². The summed E-state index contributed by atoms with van der Waals surface area (Å²) in [7, 11) is 3.22. The Bertz CT molecular complexity index is 561. The number of ether oxygens (including phenoxy) is 2. The van der Waals surface area contributed by atoms with Crippen molar-refractivity contribution in [2.24, 2.45) is 4.99 Å². The maximum Gasteiger partial charge on any atom is 0.417 e. The number of nitrogens with zero attached hydrogens (tertiary/aromatic N) is 2. The lowest BCUT2D eigenvalue weighted by molar-refractivity contribution is -0.137. The second-order valence-electron chi connectivity index (χ2n) is 4.86. The van der Waals surface area contributed by atoms with E-state index >= 15 is 0 Å². The van der Waals surface area contributed by atoms with Crippen LogP contribution in [0.15, 0.2) is 17.3 Å². The van der Waals surface area contributed by atoms with Gasteiger partial charge in [0.15, 0.2) is 5.96 Å². The van der Waals surface area contributed by atoms with Crippen molar-refractivity contribution in [1.82, 2.24) is 15.6 Å². The van der Waals surface area contributed by atoms with Gasteiger partial charge >= 0.3 is 6.18 Å². The molecule has 0 bridgehead atoms. The van der Waals surface area contributed by atoms with Gasteiger partial charge in [0, 0.05) is 26.4 Å². The summed E-state index contributed by atoms with van der Waals surface area (Å²) in [5.74, 6) is 0.497. The second-order valence-corrected chi connectivity index (χ2v) is 5.26. The molecule has 1 aromatic rings. The Morgan fingerprint density at radius 2 is 2.12 bits per heavy atom. The van der Waals surface area contributed by atoms with Crippen molar-refractivity contribution in [3.63, 3.8) is 0 Å². The molecule has 2 N–H and O–H groups in total. The Morgan fingerprint density at radius 3 is 2.64 bits per heavy atom. The summed E-state index contributed by atoms with van der Waals surface area (Å²) in [5, 5.41) is 5.89. The summed E-state index contributed by atoms with van der Waals surface area (Å²) in [6.45, 7) is 2.96. The highest BCUT2D eigenvalue weighted by atomic mass is 127. The molecule has 0 amide bonds. The first kappa shape index (κ1) is 24.0. The number of guanidine groups is 1. The van der Waals surface area contributed by atoms with E-state index in [0.717, 1.165) is 6.07 Å². The van der Waals surface area contributed by atoms with E-state index in [-0.39, 0.29) is 47.5 Å². The zero-order valence-corrected chi connectivity index (χ0v) is 17.1. The average Bonchev–Trinajstić information content (AvgIpc) is 2.50. The Morgan fingerprint density at radius 1 is 1.44 bits per heavy atom. The number of aromatic nitrogens is 1. The van der Waals surface area contributed by atoms with Crippen LogP contribution in [-0.4, -0.2) is 50.9 Å². The molecule has 1 unspecified atom stereocenters. The fraction of sp³-hybridized carbons (Fsp3) is 0.571. The van der Waals surface area contributed by atoms with Crippen molar-refractivity contribution in [3.05, 3.63) is 22.8 Å². The highest BCUT2D eigenvalue weighted by Gasteiger charge is 2.31. The molecule has 6 nitrogen and oxygen atoms in total. The lowest BCUT2D eigenvalue weighted by Gasteiger charge is -2.17. The number of hydrogen-bond donors (Lipinski definition) is 2. The molecule has 1 heterocycles. The smallest absolute Gasteiger partial charge is 0.417 e. The highest BCUT2D eigenvalue weighted by Crippen LogP contribution is 2.32. The molecule has 1 atom stereocenters. The van der Waals surface area contributed by atoms with Crippen LogP contribution in [0.3, 0.4) is 0 Å². The molecule has 0 radical (unpaired) electrons. The predicted octanol–water partition coefficient (Wildman–Crippen LogP) is 2.95. The zero-order chi connectivity index (χ0) is 18.2.